The van der Waals surface area contributed by atoms with E-state index in [1.807, 2.05) is 53.1 Å². The number of aromatic nitrogens is 1. The second-order valence-corrected chi connectivity index (χ2v) is 10.5. The molecule has 3 aromatic carbocycles. The Kier molecular flexibility index (Phi) is 5.47. The summed E-state index contributed by atoms with van der Waals surface area (Å²) in [5, 5.41) is 0. The number of thiazole rings is 1. The van der Waals surface area contributed by atoms with Crippen molar-refractivity contribution in [3.63, 3.8) is 0 Å². The van der Waals surface area contributed by atoms with Crippen LogP contribution in [0.2, 0.25) is 0 Å². The molecule has 166 valence electrons. The van der Waals surface area contributed by atoms with Gasteiger partial charge < -0.3 is 4.57 Å². The molecule has 0 unspecified atom stereocenters. The van der Waals surface area contributed by atoms with E-state index in [2.05, 4.69) is 11.6 Å². The quantitative estimate of drug-likeness (QED) is 0.402. The Morgan fingerprint density at radius 2 is 1.76 bits per heavy atom. The molecule has 0 bridgehead atoms. The SMILES string of the molecule is C=CCn1c(=NC(=O)c2ccc(S(=O)(=O)N3CCc4ccccc43)cc2)sc2ccccc21. The summed E-state index contributed by atoms with van der Waals surface area (Å²) >= 11 is 1.43. The number of para-hydroxylation sites is 2. The zero-order chi connectivity index (χ0) is 23.0. The number of nitrogens with zero attached hydrogens (tertiary/aromatic N) is 3. The van der Waals surface area contributed by atoms with E-state index in [4.69, 9.17) is 0 Å². The molecule has 4 aromatic rings. The fraction of sp³-hybridized carbons (Fsp3) is 0.120. The highest BCUT2D eigenvalue weighted by Crippen LogP contribution is 2.32. The third kappa shape index (κ3) is 3.81. The Labute approximate surface area is 195 Å². The van der Waals surface area contributed by atoms with Crippen molar-refractivity contribution in [2.24, 2.45) is 4.99 Å². The van der Waals surface area contributed by atoms with Crippen molar-refractivity contribution in [1.82, 2.24) is 4.57 Å². The summed E-state index contributed by atoms with van der Waals surface area (Å²) in [5.74, 6) is -0.421. The van der Waals surface area contributed by atoms with Gasteiger partial charge in [-0.2, -0.15) is 4.99 Å². The maximum atomic E-state index is 13.2. The van der Waals surface area contributed by atoms with Crippen LogP contribution >= 0.6 is 11.3 Å². The molecule has 1 amide bonds. The zero-order valence-electron chi connectivity index (χ0n) is 17.7. The monoisotopic (exact) mass is 475 g/mol. The van der Waals surface area contributed by atoms with Crippen molar-refractivity contribution in [3.05, 3.63) is 101 Å². The van der Waals surface area contributed by atoms with Gasteiger partial charge in [-0.05, 0) is 54.4 Å². The van der Waals surface area contributed by atoms with Gasteiger partial charge in [0.2, 0.25) is 0 Å². The molecular weight excluding hydrogens is 454 g/mol. The number of carbonyl (C=O) groups is 1. The third-order valence-corrected chi connectivity index (χ3v) is 8.52. The van der Waals surface area contributed by atoms with Gasteiger partial charge in [-0.3, -0.25) is 9.10 Å². The minimum Gasteiger partial charge on any atom is -0.312 e. The normalized spacial score (nSPS) is 13.9. The third-order valence-electron chi connectivity index (χ3n) is 5.63. The molecule has 1 aliphatic rings. The summed E-state index contributed by atoms with van der Waals surface area (Å²) in [6.07, 6.45) is 2.45. The topological polar surface area (TPSA) is 71.7 Å². The summed E-state index contributed by atoms with van der Waals surface area (Å²) in [6, 6.07) is 21.4. The van der Waals surface area contributed by atoms with E-state index in [0.29, 0.717) is 35.6 Å². The van der Waals surface area contributed by atoms with Crippen molar-refractivity contribution in [2.75, 3.05) is 10.8 Å². The maximum Gasteiger partial charge on any atom is 0.279 e. The first-order valence-corrected chi connectivity index (χ1v) is 12.7. The lowest BCUT2D eigenvalue weighted by Crippen LogP contribution is -2.29. The van der Waals surface area contributed by atoms with E-state index in [9.17, 15) is 13.2 Å². The fourth-order valence-electron chi connectivity index (χ4n) is 4.02. The van der Waals surface area contributed by atoms with Gasteiger partial charge in [-0.1, -0.05) is 47.7 Å². The van der Waals surface area contributed by atoms with Gasteiger partial charge in [-0.25, -0.2) is 8.42 Å². The molecular formula is C25H21N3O3S2. The molecule has 8 heteroatoms. The lowest BCUT2D eigenvalue weighted by molar-refractivity contribution is 0.0998. The number of rotatable bonds is 5. The lowest BCUT2D eigenvalue weighted by atomic mass is 10.2. The van der Waals surface area contributed by atoms with Crippen molar-refractivity contribution >= 4 is 43.2 Å². The Bertz CT molecular complexity index is 1550. The van der Waals surface area contributed by atoms with Gasteiger partial charge in [0.1, 0.15) is 0 Å². The van der Waals surface area contributed by atoms with Crippen molar-refractivity contribution in [1.29, 1.82) is 0 Å². The first-order chi connectivity index (χ1) is 16.0. The van der Waals surface area contributed by atoms with Crippen LogP contribution in [0.5, 0.6) is 0 Å². The van der Waals surface area contributed by atoms with E-state index in [0.717, 1.165) is 15.8 Å². The summed E-state index contributed by atoms with van der Waals surface area (Å²) in [7, 11) is -3.71. The van der Waals surface area contributed by atoms with Gasteiger partial charge in [0.25, 0.3) is 15.9 Å². The predicted octanol–water partition coefficient (Wildman–Crippen LogP) is 4.38. The van der Waals surface area contributed by atoms with Crippen LogP contribution in [-0.4, -0.2) is 25.4 Å². The molecule has 0 fully saturated rings. The van der Waals surface area contributed by atoms with Crippen LogP contribution in [0.25, 0.3) is 10.2 Å². The number of anilines is 1. The second kappa shape index (κ2) is 8.46. The van der Waals surface area contributed by atoms with E-state index in [1.54, 1.807) is 6.08 Å². The average molecular weight is 476 g/mol. The highest BCUT2D eigenvalue weighted by molar-refractivity contribution is 7.92. The van der Waals surface area contributed by atoms with E-state index < -0.39 is 15.9 Å². The Hall–Kier alpha value is -3.49. The lowest BCUT2D eigenvalue weighted by Gasteiger charge is -2.19. The Morgan fingerprint density at radius 3 is 2.55 bits per heavy atom. The number of carbonyl (C=O) groups excluding carboxylic acids is 1. The minimum atomic E-state index is -3.71. The van der Waals surface area contributed by atoms with E-state index >= 15 is 0 Å². The molecule has 6 nitrogen and oxygen atoms in total. The summed E-state index contributed by atoms with van der Waals surface area (Å²) in [4.78, 5) is 17.9. The number of benzene rings is 3. The number of allylic oxidation sites excluding steroid dienone is 1. The molecule has 1 aromatic heterocycles. The second-order valence-electron chi connectivity index (χ2n) is 7.65. The van der Waals surface area contributed by atoms with Gasteiger partial charge in [0.15, 0.2) is 4.80 Å². The van der Waals surface area contributed by atoms with Gasteiger partial charge in [-0.15, -0.1) is 6.58 Å². The predicted molar refractivity (Wildman–Crippen MR) is 131 cm³/mol. The molecule has 0 N–H and O–H groups in total. The number of hydrogen-bond donors (Lipinski definition) is 0. The average Bonchev–Trinajstić information content (AvgIpc) is 3.42. The Balaban J connectivity index is 1.46. The van der Waals surface area contributed by atoms with Gasteiger partial charge in [0, 0.05) is 18.7 Å². The van der Waals surface area contributed by atoms with Crippen molar-refractivity contribution < 1.29 is 13.2 Å². The number of fused-ring (bicyclic) bond motifs is 2. The van der Waals surface area contributed by atoms with Crippen molar-refractivity contribution in [2.45, 2.75) is 17.9 Å². The molecule has 0 spiro atoms. The molecule has 0 radical (unpaired) electrons. The summed E-state index contributed by atoms with van der Waals surface area (Å²) in [5.41, 5.74) is 3.05. The van der Waals surface area contributed by atoms with Crippen molar-refractivity contribution in [3.8, 4) is 0 Å². The largest absolute Gasteiger partial charge is 0.312 e. The first-order valence-electron chi connectivity index (χ1n) is 10.5. The van der Waals surface area contributed by atoms with E-state index in [1.165, 1.54) is 39.9 Å². The van der Waals surface area contributed by atoms with Crippen LogP contribution in [0.4, 0.5) is 5.69 Å². The highest BCUT2D eigenvalue weighted by Gasteiger charge is 2.30. The highest BCUT2D eigenvalue weighted by atomic mass is 32.2. The number of amides is 1. The van der Waals surface area contributed by atoms with Crippen LogP contribution in [0.15, 0.2) is 95.3 Å². The molecule has 1 aliphatic heterocycles. The standard InChI is InChI=1S/C25H21N3O3S2/c1-2-16-27-22-9-5-6-10-23(22)32-25(27)26-24(29)19-11-13-20(14-12-19)33(30,31)28-17-15-18-7-3-4-8-21(18)28/h2-14H,1,15-17H2. The van der Waals surface area contributed by atoms with Gasteiger partial charge in [0.05, 0.1) is 20.8 Å². The van der Waals surface area contributed by atoms with Crippen LogP contribution in [0.1, 0.15) is 15.9 Å². The molecule has 0 saturated carbocycles. The number of sulfonamides is 1. The smallest absolute Gasteiger partial charge is 0.279 e. The summed E-state index contributed by atoms with van der Waals surface area (Å²) in [6.45, 7) is 4.74. The Morgan fingerprint density at radius 1 is 1.03 bits per heavy atom. The van der Waals surface area contributed by atoms with Crippen LogP contribution < -0.4 is 9.11 Å². The van der Waals surface area contributed by atoms with Crippen LogP contribution in [-0.2, 0) is 23.0 Å². The molecule has 0 aliphatic carbocycles. The molecule has 0 atom stereocenters. The minimum absolute atomic E-state index is 0.152. The molecule has 33 heavy (non-hydrogen) atoms. The van der Waals surface area contributed by atoms with Crippen LogP contribution in [0.3, 0.4) is 0 Å². The first kappa shape index (κ1) is 21.4. The zero-order valence-corrected chi connectivity index (χ0v) is 19.3. The maximum absolute atomic E-state index is 13.2. The van der Waals surface area contributed by atoms with Crippen LogP contribution in [0, 0.1) is 0 Å². The molecule has 0 saturated heterocycles. The molecule has 2 heterocycles. The van der Waals surface area contributed by atoms with E-state index in [-0.39, 0.29) is 4.90 Å². The number of hydrogen-bond acceptors (Lipinski definition) is 4. The van der Waals surface area contributed by atoms with Gasteiger partial charge >= 0.3 is 0 Å². The summed E-state index contributed by atoms with van der Waals surface area (Å²) < 4.78 is 30.8. The molecule has 5 rings (SSSR count). The fourth-order valence-corrected chi connectivity index (χ4v) is 6.56.